The van der Waals surface area contributed by atoms with Crippen molar-refractivity contribution in [2.24, 2.45) is 11.3 Å². The van der Waals surface area contributed by atoms with Gasteiger partial charge >= 0.3 is 5.97 Å². The molecular weight excluding hydrogens is 666 g/mol. The number of rotatable bonds is 18. The number of hydroxylamine groups is 2. The molecule has 2 saturated carbocycles. The van der Waals surface area contributed by atoms with Gasteiger partial charge in [0.25, 0.3) is 0 Å². The Morgan fingerprint density at radius 2 is 1.77 bits per heavy atom. The molecule has 1 aromatic rings. The number of ether oxygens (including phenoxy) is 4. The van der Waals surface area contributed by atoms with Crippen LogP contribution in [0.25, 0.3) is 6.08 Å². The summed E-state index contributed by atoms with van der Waals surface area (Å²) in [5.74, 6) is -1.50. The van der Waals surface area contributed by atoms with Crippen molar-refractivity contribution >= 4 is 23.9 Å². The molecule has 0 spiro atoms. The number of aliphatic hydroxyl groups is 1. The molecule has 9 unspecified atom stereocenters. The Kier molecular flexibility index (Phi) is 11.7. The number of carbonyl (C=O) groups excluding carboxylic acids is 3. The fraction of sp³-hybridized carbons (Fsp3) is 0.725. The number of hydrogen-bond donors (Lipinski definition) is 3. The van der Waals surface area contributed by atoms with Crippen LogP contribution in [0.4, 0.5) is 0 Å². The summed E-state index contributed by atoms with van der Waals surface area (Å²) in [4.78, 5) is 47.7. The predicted molar refractivity (Wildman–Crippen MR) is 191 cm³/mol. The molecule has 2 aliphatic carbocycles. The number of benzene rings is 1. The van der Waals surface area contributed by atoms with E-state index in [1.165, 1.54) is 0 Å². The second-order valence-corrected chi connectivity index (χ2v) is 15.7. The summed E-state index contributed by atoms with van der Waals surface area (Å²) in [7, 11) is 0. The van der Waals surface area contributed by atoms with Gasteiger partial charge in [0.15, 0.2) is 11.8 Å². The molecule has 7 rings (SSSR count). The fourth-order valence-electron chi connectivity index (χ4n) is 9.27. The van der Waals surface area contributed by atoms with Crippen LogP contribution in [-0.4, -0.2) is 96.1 Å². The van der Waals surface area contributed by atoms with E-state index in [9.17, 15) is 14.4 Å². The maximum Gasteiger partial charge on any atom is 0.327 e. The van der Waals surface area contributed by atoms with Crippen LogP contribution in [0.15, 0.2) is 30.3 Å². The standard InChI is InChI=1S/C40H57N3O9/c1-3-5-7-17-39(18-8-6-4-2)50-33-31-24-40(38(47)42-19-16-32(45)41-20-21-44)35(37(46)49-31)43(52-36(40)34(33)51-39)25-28-11-9-10-26(22-28)12-13-27-14-15-29-30(23-27)48-29/h9-13,22,27,29-31,33-36,44H,3-8,14-21,23-25H2,1-2H3,(H,41,45)(H,42,47). The van der Waals surface area contributed by atoms with Crippen molar-refractivity contribution in [3.8, 4) is 0 Å². The first-order valence-electron chi connectivity index (χ1n) is 19.9. The van der Waals surface area contributed by atoms with Crippen molar-refractivity contribution in [1.82, 2.24) is 15.7 Å². The summed E-state index contributed by atoms with van der Waals surface area (Å²) >= 11 is 0. The van der Waals surface area contributed by atoms with Crippen molar-refractivity contribution in [1.29, 1.82) is 0 Å². The minimum atomic E-state index is -1.31. The van der Waals surface area contributed by atoms with Crippen molar-refractivity contribution in [3.63, 3.8) is 0 Å². The Morgan fingerprint density at radius 1 is 0.981 bits per heavy atom. The molecule has 4 aliphatic heterocycles. The van der Waals surface area contributed by atoms with Gasteiger partial charge in [0, 0.05) is 38.8 Å². The molecule has 1 aromatic carbocycles. The first-order chi connectivity index (χ1) is 25.3. The number of allylic oxidation sites excluding steroid dienone is 1. The normalized spacial score (nSPS) is 34.1. The third kappa shape index (κ3) is 7.70. The number of fused-ring (bicyclic) bond motifs is 5. The summed E-state index contributed by atoms with van der Waals surface area (Å²) in [5.41, 5.74) is 0.688. The zero-order valence-electron chi connectivity index (χ0n) is 30.8. The minimum absolute atomic E-state index is 0.0364. The fourth-order valence-corrected chi connectivity index (χ4v) is 9.27. The molecule has 2 amide bonds. The summed E-state index contributed by atoms with van der Waals surface area (Å²) in [6, 6.07) is 7.17. The molecular formula is C40H57N3O9. The van der Waals surface area contributed by atoms with Crippen LogP contribution in [-0.2, 0) is 44.7 Å². The number of unbranched alkanes of at least 4 members (excludes halogenated alkanes) is 4. The molecule has 0 aromatic heterocycles. The highest BCUT2D eigenvalue weighted by atomic mass is 16.8. The number of hydrogen-bond acceptors (Lipinski definition) is 10. The van der Waals surface area contributed by atoms with E-state index >= 15 is 0 Å². The molecule has 0 radical (unpaired) electrons. The van der Waals surface area contributed by atoms with Crippen LogP contribution < -0.4 is 10.6 Å². The average Bonchev–Trinajstić information content (AvgIpc) is 3.69. The smallest absolute Gasteiger partial charge is 0.327 e. The molecule has 6 aliphatic rings. The van der Waals surface area contributed by atoms with Crippen molar-refractivity contribution in [2.75, 3.05) is 19.7 Å². The van der Waals surface area contributed by atoms with Crippen LogP contribution in [0.5, 0.6) is 0 Å². The van der Waals surface area contributed by atoms with Crippen molar-refractivity contribution in [3.05, 3.63) is 41.5 Å². The second kappa shape index (κ2) is 16.2. The Morgan fingerprint density at radius 3 is 2.52 bits per heavy atom. The Balaban J connectivity index is 1.14. The number of aliphatic hydroxyl groups excluding tert-OH is 1. The SMILES string of the molecule is CCCCCC1(CCCCC)OC2C3CC4(C(=O)NCCC(=O)NCCO)C(ON(Cc5cccc(C=CC6CCC7OC7C6)c5)C4C(=O)O3)C2O1. The molecule has 12 heteroatoms. The van der Waals surface area contributed by atoms with E-state index in [1.54, 1.807) is 5.06 Å². The summed E-state index contributed by atoms with van der Waals surface area (Å²) in [6.07, 6.45) is 13.8. The minimum Gasteiger partial charge on any atom is -0.458 e. The third-order valence-corrected chi connectivity index (χ3v) is 12.0. The quantitative estimate of drug-likeness (QED) is 0.114. The second-order valence-electron chi connectivity index (χ2n) is 15.7. The third-order valence-electron chi connectivity index (χ3n) is 12.0. The topological polar surface area (TPSA) is 148 Å². The lowest BCUT2D eigenvalue weighted by molar-refractivity contribution is -0.224. The van der Waals surface area contributed by atoms with Gasteiger partial charge in [0.2, 0.25) is 11.8 Å². The monoisotopic (exact) mass is 723 g/mol. The number of esters is 1. The zero-order valence-corrected chi connectivity index (χ0v) is 30.8. The number of nitrogens with one attached hydrogen (secondary N) is 2. The van der Waals surface area contributed by atoms with E-state index in [0.29, 0.717) is 18.1 Å². The van der Waals surface area contributed by atoms with E-state index in [2.05, 4.69) is 48.8 Å². The molecule has 2 bridgehead atoms. The van der Waals surface area contributed by atoms with Gasteiger partial charge in [-0.2, -0.15) is 5.06 Å². The van der Waals surface area contributed by atoms with Crippen LogP contribution >= 0.6 is 0 Å². The lowest BCUT2D eigenvalue weighted by Crippen LogP contribution is -2.69. The van der Waals surface area contributed by atoms with Gasteiger partial charge in [-0.1, -0.05) is 75.9 Å². The maximum atomic E-state index is 14.5. The number of amides is 2. The first-order valence-corrected chi connectivity index (χ1v) is 19.9. The van der Waals surface area contributed by atoms with Crippen LogP contribution in [0.2, 0.25) is 0 Å². The molecule has 52 heavy (non-hydrogen) atoms. The van der Waals surface area contributed by atoms with Crippen molar-refractivity contribution in [2.45, 2.75) is 152 Å². The molecule has 3 N–H and O–H groups in total. The van der Waals surface area contributed by atoms with Gasteiger partial charge in [-0.05, 0) is 49.1 Å². The zero-order chi connectivity index (χ0) is 36.3. The summed E-state index contributed by atoms with van der Waals surface area (Å²) in [5, 5.41) is 16.3. The summed E-state index contributed by atoms with van der Waals surface area (Å²) < 4.78 is 25.7. The van der Waals surface area contributed by atoms with Gasteiger partial charge in [-0.3, -0.25) is 19.2 Å². The number of carbonyl (C=O) groups is 3. The van der Waals surface area contributed by atoms with Gasteiger partial charge in [-0.15, -0.1) is 0 Å². The molecule has 9 atom stereocenters. The average molecular weight is 724 g/mol. The van der Waals surface area contributed by atoms with Crippen LogP contribution in [0.3, 0.4) is 0 Å². The lowest BCUT2D eigenvalue weighted by Gasteiger charge is -2.48. The molecule has 6 fully saturated rings. The number of nitrogens with zero attached hydrogens (tertiary/aromatic N) is 1. The Bertz CT molecular complexity index is 1460. The highest BCUT2D eigenvalue weighted by Crippen LogP contribution is 2.58. The van der Waals surface area contributed by atoms with Gasteiger partial charge < -0.3 is 34.7 Å². The van der Waals surface area contributed by atoms with E-state index in [0.717, 1.165) is 81.8 Å². The van der Waals surface area contributed by atoms with E-state index in [1.807, 2.05) is 12.1 Å². The van der Waals surface area contributed by atoms with E-state index in [4.69, 9.17) is 28.9 Å². The Hall–Kier alpha value is -2.87. The highest BCUT2D eigenvalue weighted by Gasteiger charge is 2.76. The van der Waals surface area contributed by atoms with E-state index in [-0.39, 0.29) is 50.9 Å². The number of epoxide rings is 1. The predicted octanol–water partition coefficient (Wildman–Crippen LogP) is 4.32. The molecule has 286 valence electrons. The van der Waals surface area contributed by atoms with Crippen LogP contribution in [0, 0.1) is 11.3 Å². The van der Waals surface area contributed by atoms with Gasteiger partial charge in [0.05, 0.1) is 25.4 Å². The van der Waals surface area contributed by atoms with Gasteiger partial charge in [0.1, 0.15) is 29.8 Å². The first kappa shape index (κ1) is 37.4. The van der Waals surface area contributed by atoms with E-state index < -0.39 is 47.6 Å². The maximum absolute atomic E-state index is 14.5. The molecule has 12 nitrogen and oxygen atoms in total. The summed E-state index contributed by atoms with van der Waals surface area (Å²) in [6.45, 7) is 4.65. The lowest BCUT2D eigenvalue weighted by atomic mass is 9.62. The largest absolute Gasteiger partial charge is 0.458 e. The molecule has 4 saturated heterocycles. The Labute approximate surface area is 307 Å². The highest BCUT2D eigenvalue weighted by molar-refractivity contribution is 5.94. The van der Waals surface area contributed by atoms with Crippen LogP contribution in [0.1, 0.15) is 108 Å². The molecule has 4 heterocycles. The van der Waals surface area contributed by atoms with Crippen molar-refractivity contribution < 1.29 is 43.3 Å². The van der Waals surface area contributed by atoms with Gasteiger partial charge in [-0.25, -0.2) is 0 Å².